The molecular weight excluding hydrogens is 556 g/mol. The molecular formula is C31H49ClN6O2S. The Morgan fingerprint density at radius 2 is 2.02 bits per heavy atom. The Morgan fingerprint density at radius 3 is 2.80 bits per heavy atom. The van der Waals surface area contributed by atoms with Crippen molar-refractivity contribution in [2.45, 2.75) is 105 Å². The maximum atomic E-state index is 12.6. The molecule has 1 spiro atoms. The number of rotatable bonds is 6. The zero-order valence-corrected chi connectivity index (χ0v) is 26.3. The van der Waals surface area contributed by atoms with Crippen LogP contribution < -0.4 is 10.6 Å². The number of carbonyl (C=O) groups is 1. The summed E-state index contributed by atoms with van der Waals surface area (Å²) in [4.78, 5) is 19.3. The second-order valence-electron chi connectivity index (χ2n) is 13.6. The smallest absolute Gasteiger partial charge is 0.246 e. The van der Waals surface area contributed by atoms with E-state index in [-0.39, 0.29) is 24.5 Å². The van der Waals surface area contributed by atoms with Gasteiger partial charge >= 0.3 is 0 Å². The molecule has 1 amide bonds. The number of likely N-dealkylation sites (tertiary alicyclic amines) is 1. The van der Waals surface area contributed by atoms with Crippen LogP contribution in [0.3, 0.4) is 0 Å². The molecule has 0 aromatic carbocycles. The normalized spacial score (nSPS) is 43.7. The molecule has 6 fully saturated rings. The first-order valence-corrected chi connectivity index (χ1v) is 17.5. The largest absolute Gasteiger partial charge is 0.348 e. The summed E-state index contributed by atoms with van der Waals surface area (Å²) in [5.74, 6) is 3.05. The average molecular weight is 605 g/mol. The van der Waals surface area contributed by atoms with E-state index in [2.05, 4.69) is 51.9 Å². The Bertz CT molecular complexity index is 998. The Labute approximate surface area is 255 Å². The second-order valence-corrected chi connectivity index (χ2v) is 15.6. The number of piperazine rings is 1. The van der Waals surface area contributed by atoms with E-state index in [0.717, 1.165) is 25.6 Å². The number of nitrogens with one attached hydrogen (secondary N) is 2. The zero-order chi connectivity index (χ0) is 28.6. The highest BCUT2D eigenvalue weighted by atomic mass is 35.5. The third kappa shape index (κ3) is 6.36. The van der Waals surface area contributed by atoms with Crippen molar-refractivity contribution in [3.8, 4) is 6.07 Å². The molecule has 10 atom stereocenters. The van der Waals surface area contributed by atoms with Crippen LogP contribution in [0.4, 0.5) is 0 Å². The number of nitrogens with zero attached hydrogens (tertiary/aromatic N) is 4. The Morgan fingerprint density at radius 1 is 1.15 bits per heavy atom. The molecule has 41 heavy (non-hydrogen) atoms. The van der Waals surface area contributed by atoms with Crippen molar-refractivity contribution in [3.05, 3.63) is 12.7 Å². The fraction of sp³-hybridized carbons (Fsp3) is 0.871. The Kier molecular flexibility index (Phi) is 9.58. The first kappa shape index (κ1) is 30.2. The predicted octanol–water partition coefficient (Wildman–Crippen LogP) is 3.58. The topological polar surface area (TPSA) is 83.9 Å². The third-order valence-electron chi connectivity index (χ3n) is 11.3. The van der Waals surface area contributed by atoms with Gasteiger partial charge in [0.15, 0.2) is 6.35 Å². The van der Waals surface area contributed by atoms with Crippen LogP contribution in [0.15, 0.2) is 12.7 Å². The van der Waals surface area contributed by atoms with Crippen LogP contribution >= 0.6 is 23.4 Å². The van der Waals surface area contributed by atoms with Gasteiger partial charge in [-0.2, -0.15) is 17.0 Å². The summed E-state index contributed by atoms with van der Waals surface area (Å²) in [6.07, 6.45) is 12.8. The van der Waals surface area contributed by atoms with Gasteiger partial charge < -0.3 is 14.5 Å². The molecule has 4 saturated heterocycles. The van der Waals surface area contributed by atoms with Crippen molar-refractivity contribution >= 4 is 29.3 Å². The van der Waals surface area contributed by atoms with Gasteiger partial charge in [0.2, 0.25) is 5.91 Å². The maximum absolute atomic E-state index is 12.6. The van der Waals surface area contributed by atoms with Crippen molar-refractivity contribution in [3.63, 3.8) is 0 Å². The van der Waals surface area contributed by atoms with Gasteiger partial charge in [-0.3, -0.25) is 20.3 Å². The number of fused-ring (bicyclic) bond motifs is 2. The highest BCUT2D eigenvalue weighted by Gasteiger charge is 2.53. The van der Waals surface area contributed by atoms with E-state index in [1.807, 2.05) is 4.90 Å². The summed E-state index contributed by atoms with van der Waals surface area (Å²) in [7, 11) is 2.20. The van der Waals surface area contributed by atoms with Crippen molar-refractivity contribution in [2.24, 2.45) is 17.8 Å². The van der Waals surface area contributed by atoms with E-state index < -0.39 is 0 Å². The number of likely N-dealkylation sites (N-methyl/N-ethyl adjacent to an activating group) is 1. The Hall–Kier alpha value is -0.860. The monoisotopic (exact) mass is 604 g/mol. The SMILES string of the molecule is C=CC(=O)N1CCN(C2NC(OCC3CCCN3C)NC3C[C@@]4(CCC32)CC2CCCC(Cl)C2CS4)CC1CC#N. The molecule has 4 heterocycles. The van der Waals surface area contributed by atoms with Gasteiger partial charge in [0.1, 0.15) is 0 Å². The molecule has 2 saturated carbocycles. The lowest BCUT2D eigenvalue weighted by atomic mass is 9.68. The molecule has 2 N–H and O–H groups in total. The molecule has 2 aliphatic carbocycles. The fourth-order valence-corrected chi connectivity index (χ4v) is 11.5. The van der Waals surface area contributed by atoms with Crippen LogP contribution in [-0.4, -0.2) is 107 Å². The molecule has 9 unspecified atom stereocenters. The highest BCUT2D eigenvalue weighted by molar-refractivity contribution is 8.00. The molecule has 0 aromatic rings. The quantitative estimate of drug-likeness (QED) is 0.352. The fourth-order valence-electron chi connectivity index (χ4n) is 8.97. The minimum Gasteiger partial charge on any atom is -0.348 e. The lowest BCUT2D eigenvalue weighted by molar-refractivity contribution is -0.135. The van der Waals surface area contributed by atoms with Crippen molar-refractivity contribution in [1.82, 2.24) is 25.3 Å². The van der Waals surface area contributed by atoms with Gasteiger partial charge in [0.25, 0.3) is 0 Å². The molecule has 0 radical (unpaired) electrons. The van der Waals surface area contributed by atoms with Gasteiger partial charge in [-0.25, -0.2) is 0 Å². The summed E-state index contributed by atoms with van der Waals surface area (Å²) < 4.78 is 6.92. The number of amides is 1. The Balaban J connectivity index is 1.18. The van der Waals surface area contributed by atoms with Crippen molar-refractivity contribution < 1.29 is 9.53 Å². The van der Waals surface area contributed by atoms with E-state index in [1.54, 1.807) is 0 Å². The first-order valence-electron chi connectivity index (χ1n) is 16.1. The average Bonchev–Trinajstić information content (AvgIpc) is 3.39. The van der Waals surface area contributed by atoms with E-state index in [9.17, 15) is 10.1 Å². The van der Waals surface area contributed by atoms with Crippen molar-refractivity contribution in [2.75, 3.05) is 45.6 Å². The van der Waals surface area contributed by atoms with Crippen LogP contribution in [0.25, 0.3) is 0 Å². The summed E-state index contributed by atoms with van der Waals surface area (Å²) >= 11 is 9.04. The van der Waals surface area contributed by atoms with Gasteiger partial charge in [0.05, 0.1) is 31.3 Å². The zero-order valence-electron chi connectivity index (χ0n) is 24.7. The van der Waals surface area contributed by atoms with E-state index in [0.29, 0.717) is 53.6 Å². The minimum absolute atomic E-state index is 0.0722. The first-order chi connectivity index (χ1) is 19.9. The number of alkyl halides is 1. The predicted molar refractivity (Wildman–Crippen MR) is 164 cm³/mol. The van der Waals surface area contributed by atoms with Gasteiger partial charge in [0, 0.05) is 47.8 Å². The van der Waals surface area contributed by atoms with E-state index in [4.69, 9.17) is 16.3 Å². The second kappa shape index (κ2) is 13.0. The van der Waals surface area contributed by atoms with Crippen LogP contribution in [0.2, 0.25) is 0 Å². The van der Waals surface area contributed by atoms with Crippen LogP contribution in [0.5, 0.6) is 0 Å². The molecule has 10 heteroatoms. The van der Waals surface area contributed by atoms with Crippen LogP contribution in [0, 0.1) is 29.1 Å². The number of nitriles is 1. The number of thioether (sulfide) groups is 1. The summed E-state index contributed by atoms with van der Waals surface area (Å²) in [5, 5.41) is 17.7. The minimum atomic E-state index is -0.198. The number of halogens is 1. The molecule has 0 bridgehead atoms. The van der Waals surface area contributed by atoms with Gasteiger partial charge in [-0.05, 0) is 88.6 Å². The van der Waals surface area contributed by atoms with Crippen LogP contribution in [-0.2, 0) is 9.53 Å². The highest BCUT2D eigenvalue weighted by Crippen LogP contribution is 2.55. The van der Waals surface area contributed by atoms with E-state index in [1.165, 1.54) is 69.6 Å². The summed E-state index contributed by atoms with van der Waals surface area (Å²) in [5.41, 5.74) is 0. The molecule has 8 nitrogen and oxygen atoms in total. The van der Waals surface area contributed by atoms with Crippen molar-refractivity contribution in [1.29, 1.82) is 5.26 Å². The van der Waals surface area contributed by atoms with Crippen LogP contribution in [0.1, 0.15) is 64.2 Å². The molecule has 4 aliphatic heterocycles. The number of hydrogen-bond acceptors (Lipinski definition) is 8. The summed E-state index contributed by atoms with van der Waals surface area (Å²) in [6, 6.07) is 3.06. The molecule has 6 aliphatic rings. The molecule has 0 aromatic heterocycles. The number of ether oxygens (including phenoxy) is 1. The number of hydrogen-bond donors (Lipinski definition) is 2. The lowest BCUT2D eigenvalue weighted by Gasteiger charge is -2.57. The maximum Gasteiger partial charge on any atom is 0.246 e. The van der Waals surface area contributed by atoms with Gasteiger partial charge in [-0.1, -0.05) is 13.0 Å². The molecule has 228 valence electrons. The third-order valence-corrected chi connectivity index (χ3v) is 13.5. The number of carbonyl (C=O) groups excluding carboxylic acids is 1. The molecule has 6 rings (SSSR count). The van der Waals surface area contributed by atoms with Gasteiger partial charge in [-0.15, -0.1) is 11.6 Å². The standard InChI is InChI=1S/C31H49ClN6O2S/c1-3-28(39)38-15-14-37(18-22(38)10-12-33)29-24-9-11-31(16-21-6-4-8-26(32)25(21)20-41-31)17-27(24)34-30(35-29)40-19-23-7-5-13-36(23)2/h3,21-27,29-30,34-35H,1,4-11,13-20H2,2H3/t21?,22?,23?,24?,25?,26?,27?,29?,30?,31-/m1/s1. The lowest BCUT2D eigenvalue weighted by Crippen LogP contribution is -2.73. The summed E-state index contributed by atoms with van der Waals surface area (Å²) in [6.45, 7) is 7.69. The van der Waals surface area contributed by atoms with E-state index >= 15 is 0 Å².